The molecular formula is C24H32N6O. The second kappa shape index (κ2) is 10.3. The summed E-state index contributed by atoms with van der Waals surface area (Å²) in [5.74, 6) is 1.98. The highest BCUT2D eigenvalue weighted by Gasteiger charge is 2.24. The number of rotatable bonds is 5. The monoisotopic (exact) mass is 420 g/mol. The quantitative estimate of drug-likeness (QED) is 0.511. The van der Waals surface area contributed by atoms with E-state index in [-0.39, 0.29) is 11.8 Å². The minimum Gasteiger partial charge on any atom is -0.357 e. The van der Waals surface area contributed by atoms with Gasteiger partial charge in [0.15, 0.2) is 5.96 Å². The van der Waals surface area contributed by atoms with Gasteiger partial charge in [0.2, 0.25) is 5.91 Å². The second-order valence-electron chi connectivity index (χ2n) is 8.27. The van der Waals surface area contributed by atoms with Crippen molar-refractivity contribution in [1.29, 1.82) is 0 Å². The van der Waals surface area contributed by atoms with Gasteiger partial charge >= 0.3 is 0 Å². The molecule has 2 aliphatic rings. The van der Waals surface area contributed by atoms with E-state index in [2.05, 4.69) is 49.0 Å². The summed E-state index contributed by atoms with van der Waals surface area (Å²) in [6.07, 6.45) is 7.56. The molecule has 0 aliphatic carbocycles. The Morgan fingerprint density at radius 1 is 1.13 bits per heavy atom. The lowest BCUT2D eigenvalue weighted by Crippen LogP contribution is -2.40. The summed E-state index contributed by atoms with van der Waals surface area (Å²) in [5.41, 5.74) is 3.19. The fourth-order valence-corrected chi connectivity index (χ4v) is 4.32. The minimum atomic E-state index is 0.0593. The van der Waals surface area contributed by atoms with E-state index in [9.17, 15) is 4.79 Å². The second-order valence-corrected chi connectivity index (χ2v) is 8.27. The number of nitrogens with one attached hydrogen (secondary N) is 3. The van der Waals surface area contributed by atoms with Gasteiger partial charge in [-0.2, -0.15) is 0 Å². The van der Waals surface area contributed by atoms with E-state index in [0.717, 1.165) is 36.1 Å². The molecule has 3 N–H and O–H groups in total. The summed E-state index contributed by atoms with van der Waals surface area (Å²) < 4.78 is 0. The van der Waals surface area contributed by atoms with Crippen LogP contribution in [0.15, 0.2) is 47.6 Å². The van der Waals surface area contributed by atoms with E-state index < -0.39 is 0 Å². The first-order valence-electron chi connectivity index (χ1n) is 11.3. The lowest BCUT2D eigenvalue weighted by atomic mass is 9.90. The number of aliphatic imine (C=N–C) groups is 1. The Morgan fingerprint density at radius 2 is 1.94 bits per heavy atom. The van der Waals surface area contributed by atoms with Crippen LogP contribution >= 0.6 is 0 Å². The molecule has 0 radical (unpaired) electrons. The maximum atomic E-state index is 12.0. The van der Waals surface area contributed by atoms with Crippen molar-refractivity contribution in [2.45, 2.75) is 44.6 Å². The molecule has 1 fully saturated rings. The number of pyridine rings is 1. The van der Waals surface area contributed by atoms with Crippen molar-refractivity contribution in [1.82, 2.24) is 15.6 Å². The molecular weight excluding hydrogens is 388 g/mol. The largest absolute Gasteiger partial charge is 0.357 e. The molecule has 3 heterocycles. The van der Waals surface area contributed by atoms with Crippen molar-refractivity contribution >= 4 is 23.4 Å². The van der Waals surface area contributed by atoms with Crippen LogP contribution in [0.5, 0.6) is 0 Å². The molecule has 1 amide bonds. The fraction of sp³-hybridized carbons (Fsp3) is 0.458. The summed E-state index contributed by atoms with van der Waals surface area (Å²) in [4.78, 5) is 23.4. The SMILES string of the molecule is CN=C(NCc1ccc(N2CCCCCC2)nc1)NCC1CC(=O)Nc2ccccc21. The predicted octanol–water partition coefficient (Wildman–Crippen LogP) is 3.25. The Balaban J connectivity index is 1.29. The van der Waals surface area contributed by atoms with E-state index in [1.165, 1.54) is 31.2 Å². The molecule has 2 aliphatic heterocycles. The van der Waals surface area contributed by atoms with Gasteiger partial charge in [0.1, 0.15) is 5.82 Å². The number of hydrogen-bond donors (Lipinski definition) is 3. The molecule has 1 unspecified atom stereocenters. The number of nitrogens with zero attached hydrogens (tertiary/aromatic N) is 3. The third-order valence-electron chi connectivity index (χ3n) is 6.05. The summed E-state index contributed by atoms with van der Waals surface area (Å²) in [7, 11) is 1.76. The number of amides is 1. The molecule has 0 bridgehead atoms. The van der Waals surface area contributed by atoms with Gasteiger partial charge < -0.3 is 20.9 Å². The molecule has 164 valence electrons. The van der Waals surface area contributed by atoms with Gasteiger partial charge in [-0.3, -0.25) is 9.79 Å². The lowest BCUT2D eigenvalue weighted by molar-refractivity contribution is -0.116. The van der Waals surface area contributed by atoms with Crippen LogP contribution in [0.2, 0.25) is 0 Å². The molecule has 1 aromatic heterocycles. The molecule has 1 atom stereocenters. The standard InChI is InChI=1S/C24H32N6O/c1-25-24(28-17-19-14-23(31)29-21-9-5-4-8-20(19)21)27-16-18-10-11-22(26-15-18)30-12-6-2-3-7-13-30/h4-5,8-11,15,19H,2-3,6-7,12-14,16-17H2,1H3,(H,29,31)(H2,25,27,28). The number of carbonyl (C=O) groups is 1. The van der Waals surface area contributed by atoms with Crippen LogP contribution in [0.25, 0.3) is 0 Å². The van der Waals surface area contributed by atoms with Gasteiger partial charge in [0.25, 0.3) is 0 Å². The molecule has 0 saturated carbocycles. The van der Waals surface area contributed by atoms with Gasteiger partial charge in [-0.15, -0.1) is 0 Å². The molecule has 7 nitrogen and oxygen atoms in total. The number of aromatic nitrogens is 1. The predicted molar refractivity (Wildman–Crippen MR) is 126 cm³/mol. The molecule has 4 rings (SSSR count). The number of hydrogen-bond acceptors (Lipinski definition) is 4. The number of fused-ring (bicyclic) bond motifs is 1. The third kappa shape index (κ3) is 5.54. The first kappa shape index (κ1) is 21.2. The third-order valence-corrected chi connectivity index (χ3v) is 6.05. The van der Waals surface area contributed by atoms with E-state index in [4.69, 9.17) is 0 Å². The van der Waals surface area contributed by atoms with Crippen molar-refractivity contribution < 1.29 is 4.79 Å². The summed E-state index contributed by atoms with van der Waals surface area (Å²) >= 11 is 0. The number of guanidine groups is 1. The minimum absolute atomic E-state index is 0.0593. The molecule has 2 aromatic rings. The summed E-state index contributed by atoms with van der Waals surface area (Å²) in [5, 5.41) is 9.67. The van der Waals surface area contributed by atoms with Crippen molar-refractivity contribution in [2.24, 2.45) is 4.99 Å². The first-order valence-corrected chi connectivity index (χ1v) is 11.3. The van der Waals surface area contributed by atoms with Gasteiger partial charge in [0.05, 0.1) is 0 Å². The maximum Gasteiger partial charge on any atom is 0.225 e. The zero-order valence-electron chi connectivity index (χ0n) is 18.2. The Bertz CT molecular complexity index is 903. The van der Waals surface area contributed by atoms with Crippen LogP contribution in [-0.2, 0) is 11.3 Å². The molecule has 1 saturated heterocycles. The first-order chi connectivity index (χ1) is 15.2. The zero-order chi connectivity index (χ0) is 21.5. The average Bonchev–Trinajstić information content (AvgIpc) is 3.09. The molecule has 7 heteroatoms. The van der Waals surface area contributed by atoms with E-state index in [1.807, 2.05) is 24.4 Å². The summed E-state index contributed by atoms with van der Waals surface area (Å²) in [6.45, 7) is 3.50. The highest BCUT2D eigenvalue weighted by atomic mass is 16.1. The average molecular weight is 421 g/mol. The zero-order valence-corrected chi connectivity index (χ0v) is 18.2. The van der Waals surface area contributed by atoms with Gasteiger partial charge in [-0.05, 0) is 36.1 Å². The van der Waals surface area contributed by atoms with Crippen molar-refractivity contribution in [3.8, 4) is 0 Å². The Labute approximate surface area is 184 Å². The normalized spacial score (nSPS) is 19.3. The highest BCUT2D eigenvalue weighted by molar-refractivity contribution is 5.94. The Hall–Kier alpha value is -3.09. The maximum absolute atomic E-state index is 12.0. The van der Waals surface area contributed by atoms with E-state index >= 15 is 0 Å². The topological polar surface area (TPSA) is 81.7 Å². The Morgan fingerprint density at radius 3 is 2.68 bits per heavy atom. The van der Waals surface area contributed by atoms with Crippen LogP contribution < -0.4 is 20.9 Å². The molecule has 31 heavy (non-hydrogen) atoms. The smallest absolute Gasteiger partial charge is 0.225 e. The van der Waals surface area contributed by atoms with E-state index in [0.29, 0.717) is 19.5 Å². The van der Waals surface area contributed by atoms with Crippen LogP contribution in [0, 0.1) is 0 Å². The fourth-order valence-electron chi connectivity index (χ4n) is 4.32. The van der Waals surface area contributed by atoms with Crippen molar-refractivity contribution in [3.63, 3.8) is 0 Å². The van der Waals surface area contributed by atoms with Gasteiger partial charge in [-0.1, -0.05) is 37.1 Å². The number of benzene rings is 1. The van der Waals surface area contributed by atoms with Crippen molar-refractivity contribution in [2.75, 3.05) is 36.9 Å². The number of anilines is 2. The summed E-state index contributed by atoms with van der Waals surface area (Å²) in [6, 6.07) is 12.2. The van der Waals surface area contributed by atoms with Crippen molar-refractivity contribution in [3.05, 3.63) is 53.7 Å². The number of carbonyl (C=O) groups excluding carboxylic acids is 1. The van der Waals surface area contributed by atoms with Gasteiger partial charge in [0, 0.05) is 57.4 Å². The lowest BCUT2D eigenvalue weighted by Gasteiger charge is -2.26. The number of para-hydroxylation sites is 1. The highest BCUT2D eigenvalue weighted by Crippen LogP contribution is 2.31. The van der Waals surface area contributed by atoms with Crippen LogP contribution in [0.1, 0.15) is 49.1 Å². The van der Waals surface area contributed by atoms with Crippen LogP contribution in [0.3, 0.4) is 0 Å². The van der Waals surface area contributed by atoms with Crippen LogP contribution in [-0.4, -0.2) is 43.5 Å². The van der Waals surface area contributed by atoms with E-state index in [1.54, 1.807) is 7.05 Å². The van der Waals surface area contributed by atoms with Crippen LogP contribution in [0.4, 0.5) is 11.5 Å². The Kier molecular flexibility index (Phi) is 7.02. The van der Waals surface area contributed by atoms with Gasteiger partial charge in [-0.25, -0.2) is 4.98 Å². The molecule has 0 spiro atoms. The molecule has 1 aromatic carbocycles.